The van der Waals surface area contributed by atoms with Gasteiger partial charge >= 0.3 is 0 Å². The minimum Gasteiger partial charge on any atom is -0.363 e. The molecular formula is C18H18N2O. The van der Waals surface area contributed by atoms with Crippen LogP contribution in [0.3, 0.4) is 0 Å². The maximum Gasteiger partial charge on any atom is 0.163 e. The van der Waals surface area contributed by atoms with Crippen molar-refractivity contribution in [2.24, 2.45) is 0 Å². The molecule has 0 aliphatic heterocycles. The molecule has 0 saturated carbocycles. The summed E-state index contributed by atoms with van der Waals surface area (Å²) < 4.78 is 0. The molecule has 3 heteroatoms. The summed E-state index contributed by atoms with van der Waals surface area (Å²) in [5.74, 6) is 1.21. The van der Waals surface area contributed by atoms with E-state index >= 15 is 0 Å². The normalized spacial score (nSPS) is 13.7. The van der Waals surface area contributed by atoms with Crippen LogP contribution in [-0.2, 0) is 6.42 Å². The molecular weight excluding hydrogens is 260 g/mol. The number of aryl methyl sites for hydroxylation is 1. The molecule has 0 N–H and O–H groups in total. The van der Waals surface area contributed by atoms with Crippen LogP contribution in [0.4, 0.5) is 5.82 Å². The molecule has 1 aromatic carbocycles. The number of carbonyl (C=O) groups excluding carboxylic acids is 1. The molecule has 1 aliphatic rings. The average molecular weight is 278 g/mol. The largest absolute Gasteiger partial charge is 0.363 e. The molecule has 0 saturated heterocycles. The van der Waals surface area contributed by atoms with E-state index in [1.807, 2.05) is 49.5 Å². The number of pyridine rings is 1. The second kappa shape index (κ2) is 5.52. The van der Waals surface area contributed by atoms with Gasteiger partial charge in [0, 0.05) is 32.3 Å². The number of nitrogens with zero attached hydrogens (tertiary/aromatic N) is 2. The second-order valence-corrected chi connectivity index (χ2v) is 5.52. The summed E-state index contributed by atoms with van der Waals surface area (Å²) in [6.07, 6.45) is 7.50. The van der Waals surface area contributed by atoms with E-state index < -0.39 is 0 Å². The van der Waals surface area contributed by atoms with Crippen LogP contribution in [0.2, 0.25) is 0 Å². The Labute approximate surface area is 124 Å². The highest BCUT2D eigenvalue weighted by Crippen LogP contribution is 2.23. The van der Waals surface area contributed by atoms with E-state index in [4.69, 9.17) is 0 Å². The average Bonchev–Trinajstić information content (AvgIpc) is 2.86. The van der Waals surface area contributed by atoms with Crippen LogP contribution in [0.1, 0.15) is 33.5 Å². The molecule has 2 aromatic rings. The first-order valence-electron chi connectivity index (χ1n) is 7.11. The monoisotopic (exact) mass is 278 g/mol. The quantitative estimate of drug-likeness (QED) is 0.862. The molecule has 0 radical (unpaired) electrons. The van der Waals surface area contributed by atoms with Gasteiger partial charge in [-0.1, -0.05) is 30.4 Å². The fourth-order valence-corrected chi connectivity index (χ4v) is 2.53. The van der Waals surface area contributed by atoms with Gasteiger partial charge in [0.15, 0.2) is 5.78 Å². The first-order valence-corrected chi connectivity index (χ1v) is 7.11. The fourth-order valence-electron chi connectivity index (χ4n) is 2.53. The number of hydrogen-bond donors (Lipinski definition) is 0. The minimum absolute atomic E-state index is 0.268. The highest BCUT2D eigenvalue weighted by molar-refractivity contribution is 6.00. The van der Waals surface area contributed by atoms with Crippen LogP contribution in [0.5, 0.6) is 0 Å². The molecule has 106 valence electrons. The third kappa shape index (κ3) is 2.87. The number of benzene rings is 1. The van der Waals surface area contributed by atoms with Gasteiger partial charge in [0.1, 0.15) is 5.82 Å². The number of rotatable bonds is 3. The summed E-state index contributed by atoms with van der Waals surface area (Å²) in [5, 5.41) is 0. The van der Waals surface area contributed by atoms with Gasteiger partial charge in [0.2, 0.25) is 0 Å². The van der Waals surface area contributed by atoms with Crippen LogP contribution in [-0.4, -0.2) is 24.9 Å². The topological polar surface area (TPSA) is 33.2 Å². The molecule has 0 atom stereocenters. The third-order valence-corrected chi connectivity index (χ3v) is 3.75. The molecule has 3 rings (SSSR count). The maximum atomic E-state index is 11.6. The SMILES string of the molecule is CN(C)c1ccc(/C=C/c2ccc3c(c2)CCC3=O)cn1. The Morgan fingerprint density at radius 2 is 1.81 bits per heavy atom. The third-order valence-electron chi connectivity index (χ3n) is 3.75. The van der Waals surface area contributed by atoms with E-state index in [-0.39, 0.29) is 5.78 Å². The molecule has 0 unspecified atom stereocenters. The Morgan fingerprint density at radius 3 is 2.52 bits per heavy atom. The summed E-state index contributed by atoms with van der Waals surface area (Å²) in [6.45, 7) is 0. The van der Waals surface area contributed by atoms with Gasteiger partial charge in [-0.15, -0.1) is 0 Å². The summed E-state index contributed by atoms with van der Waals surface area (Å²) >= 11 is 0. The first kappa shape index (κ1) is 13.6. The molecule has 0 amide bonds. The molecule has 1 aliphatic carbocycles. The van der Waals surface area contributed by atoms with E-state index in [0.717, 1.165) is 28.9 Å². The van der Waals surface area contributed by atoms with Gasteiger partial charge in [0.25, 0.3) is 0 Å². The smallest absolute Gasteiger partial charge is 0.163 e. The van der Waals surface area contributed by atoms with Gasteiger partial charge < -0.3 is 4.90 Å². The van der Waals surface area contributed by atoms with E-state index in [1.54, 1.807) is 0 Å². The van der Waals surface area contributed by atoms with Crippen LogP contribution in [0.25, 0.3) is 12.2 Å². The van der Waals surface area contributed by atoms with Crippen molar-refractivity contribution >= 4 is 23.8 Å². The van der Waals surface area contributed by atoms with Crippen molar-refractivity contribution in [3.8, 4) is 0 Å². The van der Waals surface area contributed by atoms with Crippen molar-refractivity contribution < 1.29 is 4.79 Å². The fraction of sp³-hybridized carbons (Fsp3) is 0.222. The zero-order chi connectivity index (χ0) is 14.8. The Balaban J connectivity index is 1.78. The zero-order valence-corrected chi connectivity index (χ0v) is 12.3. The van der Waals surface area contributed by atoms with Gasteiger partial charge in [-0.05, 0) is 35.2 Å². The van der Waals surface area contributed by atoms with Crippen molar-refractivity contribution in [2.75, 3.05) is 19.0 Å². The minimum atomic E-state index is 0.268. The van der Waals surface area contributed by atoms with E-state index in [1.165, 1.54) is 5.56 Å². The number of aromatic nitrogens is 1. The van der Waals surface area contributed by atoms with Gasteiger partial charge in [0.05, 0.1) is 0 Å². The molecule has 0 bridgehead atoms. The summed E-state index contributed by atoms with van der Waals surface area (Å²) in [5.41, 5.74) is 4.25. The predicted octanol–water partition coefficient (Wildman–Crippen LogP) is 3.45. The molecule has 21 heavy (non-hydrogen) atoms. The first-order chi connectivity index (χ1) is 10.1. The molecule has 0 fully saturated rings. The Morgan fingerprint density at radius 1 is 1.05 bits per heavy atom. The highest BCUT2D eigenvalue weighted by Gasteiger charge is 2.18. The van der Waals surface area contributed by atoms with Crippen LogP contribution in [0, 0.1) is 0 Å². The second-order valence-electron chi connectivity index (χ2n) is 5.52. The lowest BCUT2D eigenvalue weighted by Gasteiger charge is -2.10. The van der Waals surface area contributed by atoms with Gasteiger partial charge in [-0.2, -0.15) is 0 Å². The van der Waals surface area contributed by atoms with Crippen LogP contribution in [0.15, 0.2) is 36.5 Å². The van der Waals surface area contributed by atoms with Gasteiger partial charge in [-0.25, -0.2) is 4.98 Å². The summed E-state index contributed by atoms with van der Waals surface area (Å²) in [7, 11) is 3.95. The standard InChI is InChI=1S/C18H18N2O/c1-20(2)18-10-6-14(12-19-18)4-3-13-5-8-16-15(11-13)7-9-17(16)21/h3-6,8,10-12H,7,9H2,1-2H3/b4-3+. The predicted molar refractivity (Wildman–Crippen MR) is 86.6 cm³/mol. The van der Waals surface area contributed by atoms with Crippen molar-refractivity contribution in [2.45, 2.75) is 12.8 Å². The van der Waals surface area contributed by atoms with Crippen LogP contribution < -0.4 is 4.90 Å². The van der Waals surface area contributed by atoms with Crippen molar-refractivity contribution in [1.29, 1.82) is 0 Å². The van der Waals surface area contributed by atoms with E-state index in [9.17, 15) is 4.79 Å². The summed E-state index contributed by atoms with van der Waals surface area (Å²) in [6, 6.07) is 10.1. The van der Waals surface area contributed by atoms with E-state index in [0.29, 0.717) is 6.42 Å². The summed E-state index contributed by atoms with van der Waals surface area (Å²) in [4.78, 5) is 18.0. The van der Waals surface area contributed by atoms with Crippen molar-refractivity contribution in [3.63, 3.8) is 0 Å². The van der Waals surface area contributed by atoms with Gasteiger partial charge in [-0.3, -0.25) is 4.79 Å². The molecule has 0 spiro atoms. The molecule has 3 nitrogen and oxygen atoms in total. The number of carbonyl (C=O) groups is 1. The number of anilines is 1. The number of fused-ring (bicyclic) bond motifs is 1. The Kier molecular flexibility index (Phi) is 3.57. The maximum absolute atomic E-state index is 11.6. The molecule has 1 aromatic heterocycles. The molecule has 1 heterocycles. The van der Waals surface area contributed by atoms with Crippen LogP contribution >= 0.6 is 0 Å². The Hall–Kier alpha value is -2.42. The lowest BCUT2D eigenvalue weighted by Crippen LogP contribution is -2.09. The van der Waals surface area contributed by atoms with E-state index in [2.05, 4.69) is 23.2 Å². The highest BCUT2D eigenvalue weighted by atomic mass is 16.1. The zero-order valence-electron chi connectivity index (χ0n) is 12.3. The van der Waals surface area contributed by atoms with Crippen molar-refractivity contribution in [3.05, 3.63) is 58.8 Å². The Bertz CT molecular complexity index is 700. The van der Waals surface area contributed by atoms with Crippen molar-refractivity contribution in [1.82, 2.24) is 4.98 Å². The lowest BCUT2D eigenvalue weighted by atomic mass is 10.1. The number of ketones is 1. The number of Topliss-reactive ketones (excluding diaryl/α,β-unsaturated/α-hetero) is 1. The number of hydrogen-bond acceptors (Lipinski definition) is 3. The lowest BCUT2D eigenvalue weighted by molar-refractivity contribution is 0.0994.